The van der Waals surface area contributed by atoms with Gasteiger partial charge in [-0.3, -0.25) is 0 Å². The molecule has 1 fully saturated rings. The summed E-state index contributed by atoms with van der Waals surface area (Å²) in [5, 5.41) is 18.0. The van der Waals surface area contributed by atoms with Crippen LogP contribution in [0.4, 0.5) is 0 Å². The minimum Gasteiger partial charge on any atom is -0.394 e. The van der Waals surface area contributed by atoms with Crippen molar-refractivity contribution in [3.63, 3.8) is 0 Å². The molecule has 4 nitrogen and oxygen atoms in total. The largest absolute Gasteiger partial charge is 0.394 e. The van der Waals surface area contributed by atoms with Crippen LogP contribution in [0.2, 0.25) is 5.02 Å². The van der Waals surface area contributed by atoms with Crippen LogP contribution >= 0.6 is 11.6 Å². The van der Waals surface area contributed by atoms with Gasteiger partial charge in [0.05, 0.1) is 12.3 Å². The van der Waals surface area contributed by atoms with E-state index in [0.29, 0.717) is 0 Å². The Hall–Kier alpha value is -1.10. The monoisotopic (exact) mass is 308 g/mol. The molecule has 1 heterocycles. The minimum absolute atomic E-state index is 0.0414. The molecule has 0 bridgehead atoms. The molecule has 0 amide bonds. The summed E-state index contributed by atoms with van der Waals surface area (Å²) >= 11 is 5.90. The molecule has 0 radical (unpaired) electrons. The number of hydrogen-bond acceptors (Lipinski definition) is 4. The van der Waals surface area contributed by atoms with Crippen LogP contribution in [-0.2, 0) is 4.84 Å². The molecule has 5 heteroatoms. The molecular weight excluding hydrogens is 288 g/mol. The van der Waals surface area contributed by atoms with Crippen LogP contribution < -0.4 is 5.32 Å². The number of benzene rings is 1. The maximum atomic E-state index is 9.60. The highest BCUT2D eigenvalue weighted by Crippen LogP contribution is 2.29. The quantitative estimate of drug-likeness (QED) is 0.879. The molecule has 0 aromatic heterocycles. The molecule has 2 N–H and O–H groups in total. The van der Waals surface area contributed by atoms with Crippen molar-refractivity contribution in [3.8, 4) is 0 Å². The van der Waals surface area contributed by atoms with Crippen LogP contribution in [0.3, 0.4) is 0 Å². The van der Waals surface area contributed by atoms with Crippen molar-refractivity contribution in [2.75, 3.05) is 13.2 Å². The second kappa shape index (κ2) is 6.34. The first-order valence-corrected chi connectivity index (χ1v) is 7.93. The van der Waals surface area contributed by atoms with Crippen molar-refractivity contribution in [1.82, 2.24) is 5.32 Å². The molecule has 2 aliphatic rings. The molecule has 0 saturated heterocycles. The summed E-state index contributed by atoms with van der Waals surface area (Å²) in [5.41, 5.74) is 1.91. The van der Waals surface area contributed by atoms with Crippen LogP contribution in [0.15, 0.2) is 29.4 Å². The summed E-state index contributed by atoms with van der Waals surface area (Å²) in [5.74, 6) is 0. The first-order valence-electron chi connectivity index (χ1n) is 7.55. The molecule has 114 valence electrons. The lowest BCUT2D eigenvalue weighted by molar-refractivity contribution is 0.0691. The third-order valence-corrected chi connectivity index (χ3v) is 4.73. The van der Waals surface area contributed by atoms with Crippen molar-refractivity contribution in [3.05, 3.63) is 34.9 Å². The molecule has 0 spiro atoms. The van der Waals surface area contributed by atoms with Crippen LogP contribution in [0, 0.1) is 0 Å². The summed E-state index contributed by atoms with van der Waals surface area (Å²) < 4.78 is 0. The van der Waals surface area contributed by atoms with E-state index in [4.69, 9.17) is 16.4 Å². The normalized spacial score (nSPS) is 23.9. The average molecular weight is 309 g/mol. The number of nitrogens with zero attached hydrogens (tertiary/aromatic N) is 1. The second-order valence-electron chi connectivity index (χ2n) is 6.00. The second-order valence-corrected chi connectivity index (χ2v) is 6.44. The number of aliphatic hydroxyl groups is 1. The molecule has 1 saturated carbocycles. The Morgan fingerprint density at radius 1 is 1.29 bits per heavy atom. The van der Waals surface area contributed by atoms with Gasteiger partial charge in [-0.25, -0.2) is 0 Å². The number of hydrogen-bond donors (Lipinski definition) is 2. The Bertz CT molecular complexity index is 510. The van der Waals surface area contributed by atoms with Gasteiger partial charge >= 0.3 is 0 Å². The molecule has 1 aliphatic heterocycles. The van der Waals surface area contributed by atoms with Gasteiger partial charge in [-0.1, -0.05) is 41.7 Å². The lowest BCUT2D eigenvalue weighted by Crippen LogP contribution is -2.49. The van der Waals surface area contributed by atoms with Crippen molar-refractivity contribution >= 4 is 17.3 Å². The van der Waals surface area contributed by atoms with Gasteiger partial charge in [-0.2, -0.15) is 0 Å². The summed E-state index contributed by atoms with van der Waals surface area (Å²) in [7, 11) is 0. The van der Waals surface area contributed by atoms with E-state index in [-0.39, 0.29) is 18.2 Å². The average Bonchev–Trinajstić information content (AvgIpc) is 3.16. The number of halogens is 1. The summed E-state index contributed by atoms with van der Waals surface area (Å²) in [4.78, 5) is 5.51. The van der Waals surface area contributed by atoms with E-state index in [9.17, 15) is 5.11 Å². The zero-order valence-electron chi connectivity index (χ0n) is 12.0. The molecule has 1 unspecified atom stereocenters. The Kier molecular flexibility index (Phi) is 4.48. The van der Waals surface area contributed by atoms with Crippen molar-refractivity contribution in [2.45, 2.75) is 43.7 Å². The van der Waals surface area contributed by atoms with E-state index >= 15 is 0 Å². The number of aliphatic hydroxyl groups excluding tert-OH is 1. The zero-order valence-corrected chi connectivity index (χ0v) is 12.8. The van der Waals surface area contributed by atoms with Crippen LogP contribution in [0.25, 0.3) is 0 Å². The van der Waals surface area contributed by atoms with Crippen LogP contribution in [0.5, 0.6) is 0 Å². The van der Waals surface area contributed by atoms with Gasteiger partial charge in [0.15, 0.2) is 0 Å². The van der Waals surface area contributed by atoms with E-state index in [2.05, 4.69) is 10.5 Å². The first kappa shape index (κ1) is 14.8. The van der Waals surface area contributed by atoms with E-state index < -0.39 is 0 Å². The van der Waals surface area contributed by atoms with Gasteiger partial charge in [-0.15, -0.1) is 0 Å². The molecule has 21 heavy (non-hydrogen) atoms. The minimum atomic E-state index is -0.105. The molecule has 1 aliphatic carbocycles. The molecular formula is C16H21ClN2O2. The van der Waals surface area contributed by atoms with E-state index in [1.54, 1.807) is 0 Å². The zero-order chi connectivity index (χ0) is 14.7. The van der Waals surface area contributed by atoms with Gasteiger partial charge in [0.25, 0.3) is 0 Å². The molecule has 1 atom stereocenters. The highest BCUT2D eigenvalue weighted by atomic mass is 35.5. The van der Waals surface area contributed by atoms with Gasteiger partial charge in [0, 0.05) is 23.5 Å². The molecule has 1 aromatic rings. The maximum Gasteiger partial charge on any atom is 0.145 e. The lowest BCUT2D eigenvalue weighted by Gasteiger charge is -2.29. The van der Waals surface area contributed by atoms with Crippen molar-refractivity contribution < 1.29 is 9.94 Å². The number of rotatable bonds is 5. The van der Waals surface area contributed by atoms with Gasteiger partial charge in [0.1, 0.15) is 6.10 Å². The standard InChI is InChI=1S/C16H21ClN2O2/c17-13-5-3-12(4-6-13)15-9-14(21-19-15)10-18-16(11-20)7-1-2-8-16/h3-6,14,18,20H,1-2,7-11H2. The topological polar surface area (TPSA) is 53.8 Å². The fraction of sp³-hybridized carbons (Fsp3) is 0.562. The molecule has 3 rings (SSSR count). The Labute approximate surface area is 130 Å². The highest BCUT2D eigenvalue weighted by Gasteiger charge is 2.34. The summed E-state index contributed by atoms with van der Waals surface area (Å²) in [6.07, 6.45) is 5.29. The smallest absolute Gasteiger partial charge is 0.145 e. The van der Waals surface area contributed by atoms with E-state index in [1.165, 1.54) is 12.8 Å². The van der Waals surface area contributed by atoms with Gasteiger partial charge in [-0.05, 0) is 30.5 Å². The van der Waals surface area contributed by atoms with Crippen molar-refractivity contribution in [1.29, 1.82) is 0 Å². The predicted molar refractivity (Wildman–Crippen MR) is 83.8 cm³/mol. The SMILES string of the molecule is OCC1(NCC2CC(c3ccc(Cl)cc3)=NO2)CCCC1. The lowest BCUT2D eigenvalue weighted by atomic mass is 9.98. The fourth-order valence-electron chi connectivity index (χ4n) is 3.12. The van der Waals surface area contributed by atoms with Gasteiger partial charge < -0.3 is 15.3 Å². The van der Waals surface area contributed by atoms with Crippen LogP contribution in [0.1, 0.15) is 37.7 Å². The highest BCUT2D eigenvalue weighted by molar-refractivity contribution is 6.30. The van der Waals surface area contributed by atoms with E-state index in [1.807, 2.05) is 24.3 Å². The van der Waals surface area contributed by atoms with Crippen molar-refractivity contribution in [2.24, 2.45) is 5.16 Å². The number of oxime groups is 1. The Balaban J connectivity index is 1.53. The predicted octanol–water partition coefficient (Wildman–Crippen LogP) is 2.73. The maximum absolute atomic E-state index is 9.60. The van der Waals surface area contributed by atoms with Crippen LogP contribution in [-0.4, -0.2) is 35.6 Å². The van der Waals surface area contributed by atoms with E-state index in [0.717, 1.165) is 42.1 Å². The Morgan fingerprint density at radius 3 is 2.67 bits per heavy atom. The third-order valence-electron chi connectivity index (χ3n) is 4.48. The third kappa shape index (κ3) is 3.39. The molecule has 1 aromatic carbocycles. The van der Waals surface area contributed by atoms with Gasteiger partial charge in [0.2, 0.25) is 0 Å². The first-order chi connectivity index (χ1) is 10.2. The Morgan fingerprint density at radius 2 is 2.00 bits per heavy atom. The number of nitrogens with one attached hydrogen (secondary N) is 1. The summed E-state index contributed by atoms with van der Waals surface area (Å²) in [6, 6.07) is 7.66. The summed E-state index contributed by atoms with van der Waals surface area (Å²) in [6.45, 7) is 0.922. The fourth-order valence-corrected chi connectivity index (χ4v) is 3.25.